The van der Waals surface area contributed by atoms with Crippen LogP contribution in [0, 0.1) is 0 Å². The SMILES string of the molecule is CCNC(=NCC(C)N1CCOCC1)NCCCC(=O)N1CCc2ccccc21. The minimum Gasteiger partial charge on any atom is -0.379 e. The molecule has 1 unspecified atom stereocenters. The second-order valence-electron chi connectivity index (χ2n) is 7.67. The van der Waals surface area contributed by atoms with Crippen LogP contribution in [0.2, 0.25) is 0 Å². The van der Waals surface area contributed by atoms with Crippen LogP contribution in [0.25, 0.3) is 0 Å². The first kappa shape index (κ1) is 21.6. The number of hydrogen-bond acceptors (Lipinski definition) is 4. The number of amides is 1. The number of rotatable bonds is 8. The summed E-state index contributed by atoms with van der Waals surface area (Å²) < 4.78 is 5.42. The molecule has 0 bridgehead atoms. The van der Waals surface area contributed by atoms with E-state index in [2.05, 4.69) is 35.4 Å². The van der Waals surface area contributed by atoms with E-state index in [-0.39, 0.29) is 5.91 Å². The Bertz CT molecular complexity index is 688. The lowest BCUT2D eigenvalue weighted by Gasteiger charge is -2.31. The van der Waals surface area contributed by atoms with Gasteiger partial charge in [0.05, 0.1) is 19.8 Å². The average molecular weight is 402 g/mol. The zero-order valence-electron chi connectivity index (χ0n) is 17.8. The van der Waals surface area contributed by atoms with Crippen LogP contribution in [-0.4, -0.2) is 75.3 Å². The highest BCUT2D eigenvalue weighted by atomic mass is 16.5. The number of benzene rings is 1. The van der Waals surface area contributed by atoms with Crippen LogP contribution in [0.15, 0.2) is 29.3 Å². The van der Waals surface area contributed by atoms with Crippen molar-refractivity contribution in [3.8, 4) is 0 Å². The molecule has 1 saturated heterocycles. The fourth-order valence-corrected chi connectivity index (χ4v) is 3.88. The predicted molar refractivity (Wildman–Crippen MR) is 118 cm³/mol. The zero-order valence-corrected chi connectivity index (χ0v) is 17.8. The molecule has 7 nitrogen and oxygen atoms in total. The van der Waals surface area contributed by atoms with E-state index in [1.807, 2.05) is 23.1 Å². The van der Waals surface area contributed by atoms with Gasteiger partial charge in [-0.2, -0.15) is 0 Å². The summed E-state index contributed by atoms with van der Waals surface area (Å²) >= 11 is 0. The minimum absolute atomic E-state index is 0.208. The Kier molecular flexibility index (Phi) is 8.31. The number of morpholine rings is 1. The summed E-state index contributed by atoms with van der Waals surface area (Å²) in [6, 6.07) is 8.60. The van der Waals surface area contributed by atoms with Gasteiger partial charge in [-0.15, -0.1) is 0 Å². The van der Waals surface area contributed by atoms with E-state index in [1.54, 1.807) is 0 Å². The third-order valence-electron chi connectivity index (χ3n) is 5.57. The van der Waals surface area contributed by atoms with Gasteiger partial charge in [-0.05, 0) is 38.3 Å². The van der Waals surface area contributed by atoms with Gasteiger partial charge in [-0.1, -0.05) is 18.2 Å². The van der Waals surface area contributed by atoms with Crippen LogP contribution < -0.4 is 15.5 Å². The average Bonchev–Trinajstić information content (AvgIpc) is 3.19. The smallest absolute Gasteiger partial charge is 0.227 e. The van der Waals surface area contributed by atoms with Gasteiger partial charge in [0.15, 0.2) is 5.96 Å². The number of fused-ring (bicyclic) bond motifs is 1. The van der Waals surface area contributed by atoms with E-state index >= 15 is 0 Å². The standard InChI is InChI=1S/C22H35N5O2/c1-3-23-22(25-17-18(2)26-13-15-29-16-14-26)24-11-6-9-21(28)27-12-10-19-7-4-5-8-20(19)27/h4-5,7-8,18H,3,6,9-17H2,1-2H3,(H2,23,24,25). The van der Waals surface area contributed by atoms with Gasteiger partial charge in [-0.3, -0.25) is 14.7 Å². The predicted octanol–water partition coefficient (Wildman–Crippen LogP) is 1.63. The number of ether oxygens (including phenoxy) is 1. The molecule has 0 saturated carbocycles. The second-order valence-corrected chi connectivity index (χ2v) is 7.67. The molecule has 3 rings (SSSR count). The molecular weight excluding hydrogens is 366 g/mol. The van der Waals surface area contributed by atoms with E-state index in [0.717, 1.165) is 77.0 Å². The number of guanidine groups is 1. The second kappa shape index (κ2) is 11.2. The Morgan fingerprint density at radius 2 is 2.00 bits per heavy atom. The van der Waals surface area contributed by atoms with Crippen LogP contribution in [0.4, 0.5) is 5.69 Å². The fourth-order valence-electron chi connectivity index (χ4n) is 3.88. The normalized spacial score (nSPS) is 18.4. The van der Waals surface area contributed by atoms with E-state index < -0.39 is 0 Å². The van der Waals surface area contributed by atoms with Crippen molar-refractivity contribution >= 4 is 17.6 Å². The summed E-state index contributed by atoms with van der Waals surface area (Å²) in [5.74, 6) is 1.03. The molecule has 160 valence electrons. The first-order valence-electron chi connectivity index (χ1n) is 10.9. The van der Waals surface area contributed by atoms with Crippen molar-refractivity contribution in [2.24, 2.45) is 4.99 Å². The Balaban J connectivity index is 1.40. The minimum atomic E-state index is 0.208. The molecule has 0 radical (unpaired) electrons. The molecule has 2 N–H and O–H groups in total. The van der Waals surface area contributed by atoms with Crippen LogP contribution >= 0.6 is 0 Å². The van der Waals surface area contributed by atoms with E-state index in [4.69, 9.17) is 9.73 Å². The van der Waals surface area contributed by atoms with Crippen molar-refractivity contribution < 1.29 is 9.53 Å². The number of hydrogen-bond donors (Lipinski definition) is 2. The third kappa shape index (κ3) is 6.18. The molecule has 1 aromatic rings. The molecule has 1 amide bonds. The van der Waals surface area contributed by atoms with Crippen molar-refractivity contribution in [1.82, 2.24) is 15.5 Å². The first-order valence-corrected chi connectivity index (χ1v) is 10.9. The highest BCUT2D eigenvalue weighted by Gasteiger charge is 2.23. The number of aliphatic imine (C=N–C) groups is 1. The molecule has 2 heterocycles. The summed E-state index contributed by atoms with van der Waals surface area (Å²) in [6.07, 6.45) is 2.30. The van der Waals surface area contributed by atoms with Crippen LogP contribution in [0.1, 0.15) is 32.3 Å². The highest BCUT2D eigenvalue weighted by molar-refractivity contribution is 5.95. The molecule has 2 aliphatic heterocycles. The van der Waals surface area contributed by atoms with Gasteiger partial charge < -0.3 is 20.3 Å². The van der Waals surface area contributed by atoms with Gasteiger partial charge in [-0.25, -0.2) is 0 Å². The Morgan fingerprint density at radius 1 is 1.21 bits per heavy atom. The maximum atomic E-state index is 12.6. The molecule has 1 aromatic carbocycles. The molecule has 0 spiro atoms. The van der Waals surface area contributed by atoms with Crippen LogP contribution in [0.3, 0.4) is 0 Å². The largest absolute Gasteiger partial charge is 0.379 e. The summed E-state index contributed by atoms with van der Waals surface area (Å²) in [7, 11) is 0. The van der Waals surface area contributed by atoms with Gasteiger partial charge in [0.2, 0.25) is 5.91 Å². The van der Waals surface area contributed by atoms with Gasteiger partial charge in [0, 0.05) is 50.9 Å². The van der Waals surface area contributed by atoms with Crippen molar-refractivity contribution in [3.05, 3.63) is 29.8 Å². The monoisotopic (exact) mass is 401 g/mol. The number of nitrogens with one attached hydrogen (secondary N) is 2. The Morgan fingerprint density at radius 3 is 2.79 bits per heavy atom. The lowest BCUT2D eigenvalue weighted by Crippen LogP contribution is -2.44. The summed E-state index contributed by atoms with van der Waals surface area (Å²) in [5.41, 5.74) is 2.35. The molecule has 0 aromatic heterocycles. The maximum Gasteiger partial charge on any atom is 0.227 e. The Labute approximate surface area is 174 Å². The van der Waals surface area contributed by atoms with Gasteiger partial charge in [0.25, 0.3) is 0 Å². The lowest BCUT2D eigenvalue weighted by atomic mass is 10.2. The number of nitrogens with zero attached hydrogens (tertiary/aromatic N) is 3. The van der Waals surface area contributed by atoms with Crippen LogP contribution in [0.5, 0.6) is 0 Å². The van der Waals surface area contributed by atoms with Crippen molar-refractivity contribution in [1.29, 1.82) is 0 Å². The summed E-state index contributed by atoms with van der Waals surface area (Å²) in [5, 5.41) is 6.67. The molecule has 29 heavy (non-hydrogen) atoms. The zero-order chi connectivity index (χ0) is 20.5. The number of para-hydroxylation sites is 1. The number of carbonyl (C=O) groups excluding carboxylic acids is 1. The van der Waals surface area contributed by atoms with E-state index in [1.165, 1.54) is 5.56 Å². The number of carbonyl (C=O) groups is 1. The third-order valence-corrected chi connectivity index (χ3v) is 5.57. The van der Waals surface area contributed by atoms with Crippen molar-refractivity contribution in [3.63, 3.8) is 0 Å². The molecule has 2 aliphatic rings. The molecule has 0 aliphatic carbocycles. The molecule has 1 atom stereocenters. The summed E-state index contributed by atoms with van der Waals surface area (Å²) in [6.45, 7) is 10.9. The molecule has 1 fully saturated rings. The van der Waals surface area contributed by atoms with E-state index in [9.17, 15) is 4.79 Å². The van der Waals surface area contributed by atoms with Crippen molar-refractivity contribution in [2.75, 3.05) is 57.4 Å². The molecular formula is C22H35N5O2. The topological polar surface area (TPSA) is 69.2 Å². The molecule has 7 heteroatoms. The Hall–Kier alpha value is -2.12. The lowest BCUT2D eigenvalue weighted by molar-refractivity contribution is -0.118. The number of anilines is 1. The quantitative estimate of drug-likeness (QED) is 0.394. The summed E-state index contributed by atoms with van der Waals surface area (Å²) in [4.78, 5) is 21.7. The highest BCUT2D eigenvalue weighted by Crippen LogP contribution is 2.27. The van der Waals surface area contributed by atoms with Crippen molar-refractivity contribution in [2.45, 2.75) is 39.2 Å². The van der Waals surface area contributed by atoms with E-state index in [0.29, 0.717) is 12.5 Å². The van der Waals surface area contributed by atoms with Gasteiger partial charge in [0.1, 0.15) is 0 Å². The maximum absolute atomic E-state index is 12.6. The van der Waals surface area contributed by atoms with Gasteiger partial charge >= 0.3 is 0 Å². The first-order chi connectivity index (χ1) is 14.2. The fraction of sp³-hybridized carbons (Fsp3) is 0.636. The van der Waals surface area contributed by atoms with Crippen LogP contribution in [-0.2, 0) is 16.0 Å².